The van der Waals surface area contributed by atoms with Crippen molar-refractivity contribution in [3.8, 4) is 0 Å². The summed E-state index contributed by atoms with van der Waals surface area (Å²) in [4.78, 5) is 15.7. The van der Waals surface area contributed by atoms with Crippen LogP contribution in [0, 0.1) is 5.82 Å². The van der Waals surface area contributed by atoms with Crippen molar-refractivity contribution in [3.05, 3.63) is 41.7 Å². The average molecular weight is 263 g/mol. The van der Waals surface area contributed by atoms with Crippen molar-refractivity contribution in [2.24, 2.45) is 0 Å². The molecule has 0 bridgehead atoms. The van der Waals surface area contributed by atoms with Gasteiger partial charge < -0.3 is 11.1 Å². The Labute approximate surface area is 109 Å². The number of aromatic amines is 1. The molecule has 0 unspecified atom stereocenters. The maximum absolute atomic E-state index is 13.2. The molecule has 0 radical (unpaired) electrons. The van der Waals surface area contributed by atoms with Crippen molar-refractivity contribution in [3.63, 3.8) is 0 Å². The number of amides is 1. The summed E-state index contributed by atoms with van der Waals surface area (Å²) in [5.41, 5.74) is 5.63. The number of halogens is 1. The molecule has 0 saturated heterocycles. The van der Waals surface area contributed by atoms with Crippen LogP contribution < -0.4 is 11.1 Å². The van der Waals surface area contributed by atoms with E-state index in [4.69, 9.17) is 5.73 Å². The molecule has 0 aliphatic heterocycles. The zero-order valence-corrected chi connectivity index (χ0v) is 10.2. The number of nitrogens with zero attached hydrogens (tertiary/aromatic N) is 2. The third kappa shape index (κ3) is 3.51. The first-order valence-electron chi connectivity index (χ1n) is 5.84. The number of carbonyl (C=O) groups excluding carboxylic acids is 1. The van der Waals surface area contributed by atoms with Crippen molar-refractivity contribution in [2.75, 3.05) is 12.3 Å². The van der Waals surface area contributed by atoms with Crippen LogP contribution in [0.15, 0.2) is 24.5 Å². The van der Waals surface area contributed by atoms with Crippen LogP contribution in [0.25, 0.3) is 0 Å². The molecule has 6 nitrogen and oxygen atoms in total. The van der Waals surface area contributed by atoms with Gasteiger partial charge in [-0.15, -0.1) is 0 Å². The number of rotatable bonds is 5. The molecule has 0 saturated carbocycles. The summed E-state index contributed by atoms with van der Waals surface area (Å²) in [5.74, 6) is -0.140. The van der Waals surface area contributed by atoms with Crippen molar-refractivity contribution >= 4 is 11.6 Å². The molecule has 1 amide bonds. The fourth-order valence-electron chi connectivity index (χ4n) is 1.58. The molecule has 1 aromatic carbocycles. The molecule has 2 rings (SSSR count). The van der Waals surface area contributed by atoms with E-state index in [-0.39, 0.29) is 17.2 Å². The largest absolute Gasteiger partial charge is 0.396 e. The Morgan fingerprint density at radius 2 is 2.32 bits per heavy atom. The third-order valence-electron chi connectivity index (χ3n) is 2.60. The molecule has 19 heavy (non-hydrogen) atoms. The quantitative estimate of drug-likeness (QED) is 0.551. The van der Waals surface area contributed by atoms with E-state index in [1.807, 2.05) is 0 Å². The molecule has 4 N–H and O–H groups in total. The Morgan fingerprint density at radius 3 is 3.00 bits per heavy atom. The number of nitrogens with two attached hydrogens (primary N) is 1. The molecule has 2 aromatic rings. The highest BCUT2D eigenvalue weighted by Gasteiger charge is 2.07. The van der Waals surface area contributed by atoms with Gasteiger partial charge in [0.05, 0.1) is 5.69 Å². The first kappa shape index (κ1) is 13.0. The number of aryl methyl sites for hydroxylation is 1. The molecule has 0 atom stereocenters. The topological polar surface area (TPSA) is 96.7 Å². The lowest BCUT2D eigenvalue weighted by molar-refractivity contribution is 0.0952. The van der Waals surface area contributed by atoms with Gasteiger partial charge in [-0.3, -0.25) is 9.89 Å². The Bertz CT molecular complexity index is 555. The molecule has 0 fully saturated rings. The van der Waals surface area contributed by atoms with Crippen LogP contribution in [-0.2, 0) is 6.42 Å². The molecular formula is C12H14FN5O. The van der Waals surface area contributed by atoms with E-state index in [1.54, 1.807) is 0 Å². The van der Waals surface area contributed by atoms with Crippen molar-refractivity contribution in [1.82, 2.24) is 20.5 Å². The monoisotopic (exact) mass is 263 g/mol. The standard InChI is InChI=1S/C12H14FN5O/c13-9-6-8(3-4-10(9)14)12(19)15-5-1-2-11-16-7-17-18-11/h3-4,6-7H,1-2,5,14H2,(H,15,19)(H,16,17,18). The SMILES string of the molecule is Nc1ccc(C(=O)NCCCc2ncn[nH]2)cc1F. The predicted octanol–water partition coefficient (Wildman–Crippen LogP) is 0.889. The molecule has 0 aliphatic carbocycles. The van der Waals surface area contributed by atoms with Gasteiger partial charge in [0.1, 0.15) is 18.0 Å². The zero-order valence-electron chi connectivity index (χ0n) is 10.2. The second-order valence-electron chi connectivity index (χ2n) is 4.03. The fourth-order valence-corrected chi connectivity index (χ4v) is 1.58. The lowest BCUT2D eigenvalue weighted by Gasteiger charge is -2.05. The first-order chi connectivity index (χ1) is 9.16. The first-order valence-corrected chi connectivity index (χ1v) is 5.84. The van der Waals surface area contributed by atoms with Gasteiger partial charge in [0.25, 0.3) is 5.91 Å². The maximum Gasteiger partial charge on any atom is 0.251 e. The minimum Gasteiger partial charge on any atom is -0.396 e. The van der Waals surface area contributed by atoms with E-state index in [0.29, 0.717) is 13.0 Å². The number of nitrogen functional groups attached to an aromatic ring is 1. The Hall–Kier alpha value is -2.44. The maximum atomic E-state index is 13.2. The number of carbonyl (C=O) groups is 1. The van der Waals surface area contributed by atoms with Crippen LogP contribution >= 0.6 is 0 Å². The van der Waals surface area contributed by atoms with Crippen LogP contribution in [0.3, 0.4) is 0 Å². The number of anilines is 1. The Balaban J connectivity index is 1.79. The molecule has 1 aromatic heterocycles. The molecule has 0 aliphatic rings. The fraction of sp³-hybridized carbons (Fsp3) is 0.250. The van der Waals surface area contributed by atoms with Crippen molar-refractivity contribution in [1.29, 1.82) is 0 Å². The van der Waals surface area contributed by atoms with Gasteiger partial charge in [-0.05, 0) is 24.6 Å². The van der Waals surface area contributed by atoms with E-state index in [2.05, 4.69) is 20.5 Å². The lowest BCUT2D eigenvalue weighted by Crippen LogP contribution is -2.25. The van der Waals surface area contributed by atoms with Gasteiger partial charge in [0.2, 0.25) is 0 Å². The number of benzene rings is 1. The summed E-state index contributed by atoms with van der Waals surface area (Å²) in [5, 5.41) is 9.16. The van der Waals surface area contributed by atoms with Crippen LogP contribution in [-0.4, -0.2) is 27.6 Å². The predicted molar refractivity (Wildman–Crippen MR) is 67.8 cm³/mol. The summed E-state index contributed by atoms with van der Waals surface area (Å²) in [7, 11) is 0. The van der Waals surface area contributed by atoms with E-state index in [9.17, 15) is 9.18 Å². The molecule has 7 heteroatoms. The molecule has 0 spiro atoms. The van der Waals surface area contributed by atoms with Crippen LogP contribution in [0.5, 0.6) is 0 Å². The number of nitrogens with one attached hydrogen (secondary N) is 2. The second-order valence-corrected chi connectivity index (χ2v) is 4.03. The normalized spacial score (nSPS) is 10.4. The van der Waals surface area contributed by atoms with Gasteiger partial charge >= 0.3 is 0 Å². The van der Waals surface area contributed by atoms with Crippen LogP contribution in [0.2, 0.25) is 0 Å². The lowest BCUT2D eigenvalue weighted by atomic mass is 10.2. The van der Waals surface area contributed by atoms with E-state index in [1.165, 1.54) is 18.5 Å². The zero-order chi connectivity index (χ0) is 13.7. The van der Waals surface area contributed by atoms with Crippen molar-refractivity contribution < 1.29 is 9.18 Å². The van der Waals surface area contributed by atoms with Crippen LogP contribution in [0.1, 0.15) is 22.6 Å². The molecule has 1 heterocycles. The molecular weight excluding hydrogens is 249 g/mol. The average Bonchev–Trinajstić information content (AvgIpc) is 2.91. The second kappa shape index (κ2) is 5.94. The van der Waals surface area contributed by atoms with Gasteiger partial charge in [-0.1, -0.05) is 0 Å². The summed E-state index contributed by atoms with van der Waals surface area (Å²) in [6.07, 6.45) is 2.85. The van der Waals surface area contributed by atoms with Crippen LogP contribution in [0.4, 0.5) is 10.1 Å². The van der Waals surface area contributed by atoms with E-state index in [0.717, 1.165) is 18.3 Å². The van der Waals surface area contributed by atoms with E-state index >= 15 is 0 Å². The summed E-state index contributed by atoms with van der Waals surface area (Å²) < 4.78 is 13.2. The third-order valence-corrected chi connectivity index (χ3v) is 2.60. The Kier molecular flexibility index (Phi) is 4.07. The number of hydrogen-bond acceptors (Lipinski definition) is 4. The van der Waals surface area contributed by atoms with Gasteiger partial charge in [-0.25, -0.2) is 9.37 Å². The highest BCUT2D eigenvalue weighted by molar-refractivity contribution is 5.94. The van der Waals surface area contributed by atoms with E-state index < -0.39 is 5.82 Å². The van der Waals surface area contributed by atoms with Gasteiger partial charge in [-0.2, -0.15) is 5.10 Å². The van der Waals surface area contributed by atoms with Gasteiger partial charge in [0, 0.05) is 18.5 Å². The minimum absolute atomic E-state index is 0.0295. The summed E-state index contributed by atoms with van der Waals surface area (Å²) in [6.45, 7) is 0.478. The highest BCUT2D eigenvalue weighted by Crippen LogP contribution is 2.11. The van der Waals surface area contributed by atoms with Crippen molar-refractivity contribution in [2.45, 2.75) is 12.8 Å². The van der Waals surface area contributed by atoms with Gasteiger partial charge in [0.15, 0.2) is 0 Å². The summed E-state index contributed by atoms with van der Waals surface area (Å²) >= 11 is 0. The minimum atomic E-state index is -0.589. The molecule has 100 valence electrons. The highest BCUT2D eigenvalue weighted by atomic mass is 19.1. The smallest absolute Gasteiger partial charge is 0.251 e. The number of H-pyrrole nitrogens is 1. The summed E-state index contributed by atoms with van der Waals surface area (Å²) in [6, 6.07) is 3.99. The Morgan fingerprint density at radius 1 is 1.47 bits per heavy atom. The number of aromatic nitrogens is 3. The number of hydrogen-bond donors (Lipinski definition) is 3.